The lowest BCUT2D eigenvalue weighted by molar-refractivity contribution is -0.132. The molecule has 0 aliphatic heterocycles. The lowest BCUT2D eigenvalue weighted by atomic mass is 10.1. The van der Waals surface area contributed by atoms with Gasteiger partial charge in [-0.15, -0.1) is 0 Å². The quantitative estimate of drug-likeness (QED) is 0.748. The Labute approximate surface area is 125 Å². The molecular formula is C15H22N2O2S. The Morgan fingerprint density at radius 1 is 1.35 bits per heavy atom. The maximum Gasteiger partial charge on any atom is 0.227 e. The normalized spacial score (nSPS) is 10.6. The van der Waals surface area contributed by atoms with Crippen molar-refractivity contribution in [2.75, 3.05) is 13.2 Å². The van der Waals surface area contributed by atoms with Gasteiger partial charge in [0.1, 0.15) is 4.99 Å². The summed E-state index contributed by atoms with van der Waals surface area (Å²) in [7, 11) is 0. The molecule has 0 fully saturated rings. The molecule has 1 rings (SSSR count). The fraction of sp³-hybridized carbons (Fsp3) is 0.467. The summed E-state index contributed by atoms with van der Waals surface area (Å²) in [6, 6.07) is 7.54. The van der Waals surface area contributed by atoms with E-state index >= 15 is 0 Å². The zero-order valence-corrected chi connectivity index (χ0v) is 12.8. The van der Waals surface area contributed by atoms with Crippen molar-refractivity contribution in [3.8, 4) is 0 Å². The maximum atomic E-state index is 12.3. The van der Waals surface area contributed by atoms with E-state index in [4.69, 9.17) is 23.1 Å². The molecule has 0 atom stereocenters. The van der Waals surface area contributed by atoms with Crippen molar-refractivity contribution >= 4 is 23.1 Å². The summed E-state index contributed by atoms with van der Waals surface area (Å²) in [5.41, 5.74) is 7.28. The predicted octanol–water partition coefficient (Wildman–Crippen LogP) is 1.48. The van der Waals surface area contributed by atoms with Gasteiger partial charge < -0.3 is 15.7 Å². The lowest BCUT2D eigenvalue weighted by Crippen LogP contribution is -2.39. The molecule has 4 nitrogen and oxygen atoms in total. The van der Waals surface area contributed by atoms with Gasteiger partial charge in [-0.2, -0.15) is 0 Å². The molecule has 110 valence electrons. The van der Waals surface area contributed by atoms with Crippen LogP contribution in [-0.4, -0.2) is 40.1 Å². The summed E-state index contributed by atoms with van der Waals surface area (Å²) >= 11 is 4.90. The topological polar surface area (TPSA) is 66.6 Å². The number of nitrogens with two attached hydrogens (primary N) is 1. The van der Waals surface area contributed by atoms with Crippen molar-refractivity contribution in [3.63, 3.8) is 0 Å². The van der Waals surface area contributed by atoms with Gasteiger partial charge in [0, 0.05) is 24.8 Å². The molecule has 0 bridgehead atoms. The van der Waals surface area contributed by atoms with Gasteiger partial charge in [0.25, 0.3) is 0 Å². The van der Waals surface area contributed by atoms with Gasteiger partial charge in [-0.1, -0.05) is 36.5 Å². The van der Waals surface area contributed by atoms with Gasteiger partial charge in [0.05, 0.1) is 6.42 Å². The van der Waals surface area contributed by atoms with Crippen molar-refractivity contribution in [1.82, 2.24) is 4.90 Å². The predicted molar refractivity (Wildman–Crippen MR) is 84.6 cm³/mol. The third kappa shape index (κ3) is 4.90. The summed E-state index contributed by atoms with van der Waals surface area (Å²) < 4.78 is 0. The van der Waals surface area contributed by atoms with Gasteiger partial charge >= 0.3 is 0 Å². The Hall–Kier alpha value is -1.46. The number of amides is 1. The summed E-state index contributed by atoms with van der Waals surface area (Å²) in [6.45, 7) is 4.63. The third-order valence-electron chi connectivity index (χ3n) is 3.09. The molecule has 0 saturated carbocycles. The molecule has 1 aromatic carbocycles. The molecule has 0 heterocycles. The number of hydrogen-bond acceptors (Lipinski definition) is 3. The van der Waals surface area contributed by atoms with Crippen molar-refractivity contribution in [2.24, 2.45) is 5.73 Å². The second kappa shape index (κ2) is 7.97. The van der Waals surface area contributed by atoms with Crippen LogP contribution in [0.1, 0.15) is 31.4 Å². The number of hydrogen-bond donors (Lipinski definition) is 2. The van der Waals surface area contributed by atoms with Crippen molar-refractivity contribution in [1.29, 1.82) is 0 Å². The summed E-state index contributed by atoms with van der Waals surface area (Å²) in [5.74, 6) is 0.0662. The van der Waals surface area contributed by atoms with Crippen LogP contribution in [0.4, 0.5) is 0 Å². The Balaban J connectivity index is 2.69. The molecule has 0 unspecified atom stereocenters. The second-order valence-corrected chi connectivity index (χ2v) is 5.44. The second-order valence-electron chi connectivity index (χ2n) is 5.00. The summed E-state index contributed by atoms with van der Waals surface area (Å²) in [4.78, 5) is 14.4. The minimum Gasteiger partial charge on any atom is -0.396 e. The van der Waals surface area contributed by atoms with E-state index in [9.17, 15) is 4.79 Å². The fourth-order valence-electron chi connectivity index (χ4n) is 1.97. The van der Waals surface area contributed by atoms with E-state index < -0.39 is 0 Å². The average molecular weight is 294 g/mol. The first kappa shape index (κ1) is 16.6. The Kier molecular flexibility index (Phi) is 6.61. The van der Waals surface area contributed by atoms with E-state index in [0.717, 1.165) is 11.1 Å². The number of carbonyl (C=O) groups is 1. The highest BCUT2D eigenvalue weighted by Gasteiger charge is 2.16. The molecule has 0 aromatic heterocycles. The number of benzene rings is 1. The highest BCUT2D eigenvalue weighted by Crippen LogP contribution is 2.09. The SMILES string of the molecule is CC(C)N(CCCO)C(=O)Cc1ccc(C(N)=S)cc1. The molecular weight excluding hydrogens is 272 g/mol. The minimum atomic E-state index is 0.0662. The van der Waals surface area contributed by atoms with Crippen LogP contribution in [0, 0.1) is 0 Å². The first-order valence-electron chi connectivity index (χ1n) is 6.74. The van der Waals surface area contributed by atoms with E-state index in [0.29, 0.717) is 24.4 Å². The van der Waals surface area contributed by atoms with Gasteiger partial charge in [-0.3, -0.25) is 4.79 Å². The third-order valence-corrected chi connectivity index (χ3v) is 3.33. The largest absolute Gasteiger partial charge is 0.396 e. The van der Waals surface area contributed by atoms with Crippen LogP contribution in [0.5, 0.6) is 0 Å². The van der Waals surface area contributed by atoms with Gasteiger partial charge in [-0.05, 0) is 25.8 Å². The molecule has 1 aromatic rings. The maximum absolute atomic E-state index is 12.3. The number of nitrogens with zero attached hydrogens (tertiary/aromatic N) is 1. The van der Waals surface area contributed by atoms with Crippen molar-refractivity contribution in [3.05, 3.63) is 35.4 Å². The van der Waals surface area contributed by atoms with Gasteiger partial charge in [0.2, 0.25) is 5.91 Å². The molecule has 1 amide bonds. The monoisotopic (exact) mass is 294 g/mol. The van der Waals surface area contributed by atoms with E-state index in [1.807, 2.05) is 38.1 Å². The highest BCUT2D eigenvalue weighted by molar-refractivity contribution is 7.80. The van der Waals surface area contributed by atoms with Crippen molar-refractivity contribution < 1.29 is 9.90 Å². The average Bonchev–Trinajstić information content (AvgIpc) is 2.39. The smallest absolute Gasteiger partial charge is 0.227 e. The Morgan fingerprint density at radius 3 is 2.40 bits per heavy atom. The number of aliphatic hydroxyl groups is 1. The van der Waals surface area contributed by atoms with Crippen LogP contribution >= 0.6 is 12.2 Å². The molecule has 0 radical (unpaired) electrons. The first-order valence-corrected chi connectivity index (χ1v) is 7.15. The molecule has 0 saturated heterocycles. The standard InChI is InChI=1S/C15H22N2O2S/c1-11(2)17(8-3-9-18)14(19)10-12-4-6-13(7-5-12)15(16)20/h4-7,11,18H,3,8-10H2,1-2H3,(H2,16,20). The molecule has 0 aliphatic carbocycles. The minimum absolute atomic E-state index is 0.0662. The molecule has 3 N–H and O–H groups in total. The molecule has 0 aliphatic rings. The molecule has 20 heavy (non-hydrogen) atoms. The van der Waals surface area contributed by atoms with Crippen LogP contribution in [0.3, 0.4) is 0 Å². The molecule has 5 heteroatoms. The Bertz CT molecular complexity index is 457. The fourth-order valence-corrected chi connectivity index (χ4v) is 2.11. The van der Waals surface area contributed by atoms with Crippen LogP contribution < -0.4 is 5.73 Å². The number of aliphatic hydroxyl groups excluding tert-OH is 1. The zero-order chi connectivity index (χ0) is 15.1. The Morgan fingerprint density at radius 2 is 1.95 bits per heavy atom. The van der Waals surface area contributed by atoms with Crippen LogP contribution in [0.15, 0.2) is 24.3 Å². The number of carbonyl (C=O) groups excluding carboxylic acids is 1. The lowest BCUT2D eigenvalue weighted by Gasteiger charge is -2.26. The van der Waals surface area contributed by atoms with E-state index in [1.54, 1.807) is 4.90 Å². The van der Waals surface area contributed by atoms with E-state index in [-0.39, 0.29) is 18.6 Å². The van der Waals surface area contributed by atoms with Gasteiger partial charge in [0.15, 0.2) is 0 Å². The van der Waals surface area contributed by atoms with Gasteiger partial charge in [-0.25, -0.2) is 0 Å². The highest BCUT2D eigenvalue weighted by atomic mass is 32.1. The number of rotatable bonds is 7. The van der Waals surface area contributed by atoms with Crippen LogP contribution in [-0.2, 0) is 11.2 Å². The molecule has 0 spiro atoms. The zero-order valence-electron chi connectivity index (χ0n) is 12.0. The van der Waals surface area contributed by atoms with E-state index in [1.165, 1.54) is 0 Å². The van der Waals surface area contributed by atoms with Crippen LogP contribution in [0.25, 0.3) is 0 Å². The van der Waals surface area contributed by atoms with Crippen molar-refractivity contribution in [2.45, 2.75) is 32.7 Å². The van der Waals surface area contributed by atoms with Crippen LogP contribution in [0.2, 0.25) is 0 Å². The first-order chi connectivity index (χ1) is 9.45. The summed E-state index contributed by atoms with van der Waals surface area (Å²) in [6.07, 6.45) is 0.950. The number of thiocarbonyl (C=S) groups is 1. The van der Waals surface area contributed by atoms with E-state index in [2.05, 4.69) is 0 Å². The summed E-state index contributed by atoms with van der Waals surface area (Å²) in [5, 5.41) is 8.89.